The third kappa shape index (κ3) is 3.36. The number of hydrogen-bond acceptors (Lipinski definition) is 4. The average molecular weight is 389 g/mol. The molecule has 0 unspecified atom stereocenters. The first-order chi connectivity index (χ1) is 9.11. The molecule has 1 aromatic heterocycles. The van der Waals surface area contributed by atoms with Crippen LogP contribution in [0.25, 0.3) is 0 Å². The van der Waals surface area contributed by atoms with E-state index >= 15 is 0 Å². The van der Waals surface area contributed by atoms with Crippen molar-refractivity contribution in [2.45, 2.75) is 0 Å². The molecule has 0 aliphatic carbocycles. The minimum atomic E-state index is -0.425. The summed E-state index contributed by atoms with van der Waals surface area (Å²) in [5.41, 5.74) is 1.67. The number of methoxy groups -OCH3 is 1. The molecule has 0 fully saturated rings. The fourth-order valence-corrected chi connectivity index (χ4v) is 2.42. The second-order valence-electron chi connectivity index (χ2n) is 3.66. The molecule has 0 radical (unpaired) electrons. The Kier molecular flexibility index (Phi) is 4.60. The maximum absolute atomic E-state index is 11.6. The minimum Gasteiger partial charge on any atom is -0.465 e. The van der Waals surface area contributed by atoms with Gasteiger partial charge < -0.3 is 10.1 Å². The Hall–Kier alpha value is -1.34. The van der Waals surface area contributed by atoms with E-state index < -0.39 is 5.97 Å². The van der Waals surface area contributed by atoms with Gasteiger partial charge in [-0.2, -0.15) is 0 Å². The minimum absolute atomic E-state index is 0.409. The van der Waals surface area contributed by atoms with Crippen molar-refractivity contribution >= 4 is 51.5 Å². The predicted octanol–water partition coefficient (Wildman–Crippen LogP) is 3.87. The number of aromatic nitrogens is 1. The predicted molar refractivity (Wildman–Crippen MR) is 83.0 cm³/mol. The van der Waals surface area contributed by atoms with Crippen LogP contribution in [0, 0.1) is 3.57 Å². The fraction of sp³-hybridized carbons (Fsp3) is 0.0769. The van der Waals surface area contributed by atoms with Crippen molar-refractivity contribution in [3.63, 3.8) is 0 Å². The first-order valence-corrected chi connectivity index (χ1v) is 6.82. The molecule has 1 N–H and O–H groups in total. The van der Waals surface area contributed by atoms with E-state index in [4.69, 9.17) is 16.3 Å². The van der Waals surface area contributed by atoms with E-state index in [0.29, 0.717) is 22.0 Å². The van der Waals surface area contributed by atoms with E-state index in [1.807, 2.05) is 18.2 Å². The van der Waals surface area contributed by atoms with E-state index in [0.717, 1.165) is 3.57 Å². The summed E-state index contributed by atoms with van der Waals surface area (Å²) in [7, 11) is 1.34. The first kappa shape index (κ1) is 14.1. The number of nitrogens with one attached hydrogen (secondary N) is 1. The lowest BCUT2D eigenvalue weighted by molar-refractivity contribution is 0.0602. The number of carbonyl (C=O) groups is 1. The summed E-state index contributed by atoms with van der Waals surface area (Å²) in [6.45, 7) is 0. The Morgan fingerprint density at radius 1 is 1.37 bits per heavy atom. The van der Waals surface area contributed by atoms with Gasteiger partial charge in [0.1, 0.15) is 0 Å². The number of rotatable bonds is 3. The molecule has 98 valence electrons. The highest BCUT2D eigenvalue weighted by Crippen LogP contribution is 2.28. The number of benzene rings is 1. The van der Waals surface area contributed by atoms with Crippen LogP contribution < -0.4 is 5.32 Å². The Labute approximate surface area is 129 Å². The van der Waals surface area contributed by atoms with Gasteiger partial charge in [-0.15, -0.1) is 0 Å². The lowest BCUT2D eigenvalue weighted by Gasteiger charge is -2.11. The van der Waals surface area contributed by atoms with Gasteiger partial charge in [0.05, 0.1) is 35.3 Å². The lowest BCUT2D eigenvalue weighted by Crippen LogP contribution is -2.06. The monoisotopic (exact) mass is 388 g/mol. The van der Waals surface area contributed by atoms with Crippen LogP contribution in [0.3, 0.4) is 0 Å². The van der Waals surface area contributed by atoms with Crippen molar-refractivity contribution in [2.24, 2.45) is 0 Å². The van der Waals surface area contributed by atoms with Crippen LogP contribution in [0.15, 0.2) is 36.7 Å². The number of ether oxygens (including phenoxy) is 1. The van der Waals surface area contributed by atoms with Crippen molar-refractivity contribution in [1.29, 1.82) is 0 Å². The van der Waals surface area contributed by atoms with Crippen LogP contribution in [0.2, 0.25) is 5.02 Å². The quantitative estimate of drug-likeness (QED) is 0.641. The van der Waals surface area contributed by atoms with E-state index in [2.05, 4.69) is 32.9 Å². The van der Waals surface area contributed by atoms with Gasteiger partial charge in [0, 0.05) is 9.77 Å². The molecule has 1 heterocycles. The first-order valence-electron chi connectivity index (χ1n) is 5.36. The number of carbonyl (C=O) groups excluding carboxylic acids is 1. The third-order valence-corrected chi connectivity index (χ3v) is 3.41. The second-order valence-corrected chi connectivity index (χ2v) is 5.31. The summed E-state index contributed by atoms with van der Waals surface area (Å²) in [6, 6.07) is 7.19. The van der Waals surface area contributed by atoms with Gasteiger partial charge in [0.25, 0.3) is 0 Å². The standard InChI is InChI=1S/C13H10ClIN2O2/c1-19-13(18)9-4-5-16-7-12(9)17-11-3-2-8(15)6-10(11)14/h2-7,17H,1H3. The van der Waals surface area contributed by atoms with Crippen LogP contribution in [0.1, 0.15) is 10.4 Å². The highest BCUT2D eigenvalue weighted by molar-refractivity contribution is 14.1. The number of halogens is 2. The Balaban J connectivity index is 2.35. The molecule has 0 amide bonds. The zero-order valence-electron chi connectivity index (χ0n) is 9.98. The molecule has 2 rings (SSSR count). The Bertz CT molecular complexity index is 619. The maximum Gasteiger partial charge on any atom is 0.340 e. The van der Waals surface area contributed by atoms with Crippen LogP contribution in [0.5, 0.6) is 0 Å². The van der Waals surface area contributed by atoms with Crippen molar-refractivity contribution in [3.8, 4) is 0 Å². The normalized spacial score (nSPS) is 10.1. The molecule has 19 heavy (non-hydrogen) atoms. The van der Waals surface area contributed by atoms with Crippen LogP contribution in [0.4, 0.5) is 11.4 Å². The molecule has 6 heteroatoms. The Morgan fingerprint density at radius 3 is 2.84 bits per heavy atom. The van der Waals surface area contributed by atoms with E-state index in [-0.39, 0.29) is 0 Å². The topological polar surface area (TPSA) is 51.2 Å². The summed E-state index contributed by atoms with van der Waals surface area (Å²) < 4.78 is 5.76. The molecule has 0 aliphatic rings. The van der Waals surface area contributed by atoms with E-state index in [1.54, 1.807) is 12.3 Å². The molecule has 0 bridgehead atoms. The number of pyridine rings is 1. The lowest BCUT2D eigenvalue weighted by atomic mass is 10.2. The largest absolute Gasteiger partial charge is 0.465 e. The van der Waals surface area contributed by atoms with E-state index in [9.17, 15) is 4.79 Å². The van der Waals surface area contributed by atoms with Crippen molar-refractivity contribution in [3.05, 3.63) is 50.8 Å². The maximum atomic E-state index is 11.6. The van der Waals surface area contributed by atoms with Crippen LogP contribution >= 0.6 is 34.2 Å². The SMILES string of the molecule is COC(=O)c1ccncc1Nc1ccc(I)cc1Cl. The highest BCUT2D eigenvalue weighted by Gasteiger charge is 2.12. The third-order valence-electron chi connectivity index (χ3n) is 2.43. The number of esters is 1. The average Bonchev–Trinajstić information content (AvgIpc) is 2.41. The Morgan fingerprint density at radius 2 is 2.16 bits per heavy atom. The van der Waals surface area contributed by atoms with Gasteiger partial charge in [-0.05, 0) is 46.9 Å². The van der Waals surface area contributed by atoms with Gasteiger partial charge in [-0.3, -0.25) is 4.98 Å². The molecule has 0 atom stereocenters. The summed E-state index contributed by atoms with van der Waals surface area (Å²) in [5.74, 6) is -0.425. The van der Waals surface area contributed by atoms with E-state index in [1.165, 1.54) is 13.3 Å². The van der Waals surface area contributed by atoms with Gasteiger partial charge in [-0.25, -0.2) is 4.79 Å². The van der Waals surface area contributed by atoms with Gasteiger partial charge in [-0.1, -0.05) is 11.6 Å². The second kappa shape index (κ2) is 6.21. The van der Waals surface area contributed by atoms with Crippen molar-refractivity contribution in [1.82, 2.24) is 4.98 Å². The molecule has 1 aromatic carbocycles. The number of anilines is 2. The summed E-state index contributed by atoms with van der Waals surface area (Å²) >= 11 is 8.32. The van der Waals surface area contributed by atoms with Gasteiger partial charge >= 0.3 is 5.97 Å². The van der Waals surface area contributed by atoms with Gasteiger partial charge in [0.2, 0.25) is 0 Å². The molecule has 0 aliphatic heterocycles. The smallest absolute Gasteiger partial charge is 0.340 e. The van der Waals surface area contributed by atoms with Crippen LogP contribution in [-0.2, 0) is 4.74 Å². The molecular weight excluding hydrogens is 379 g/mol. The zero-order chi connectivity index (χ0) is 13.8. The van der Waals surface area contributed by atoms with Crippen molar-refractivity contribution in [2.75, 3.05) is 12.4 Å². The zero-order valence-corrected chi connectivity index (χ0v) is 12.9. The molecule has 4 nitrogen and oxygen atoms in total. The molecule has 0 saturated heterocycles. The summed E-state index contributed by atoms with van der Waals surface area (Å²) in [5, 5.41) is 3.66. The number of nitrogens with zero attached hydrogens (tertiary/aromatic N) is 1. The summed E-state index contributed by atoms with van der Waals surface area (Å²) in [4.78, 5) is 15.6. The summed E-state index contributed by atoms with van der Waals surface area (Å²) in [6.07, 6.45) is 3.09. The number of hydrogen-bond donors (Lipinski definition) is 1. The molecule has 0 saturated carbocycles. The molecule has 0 spiro atoms. The highest BCUT2D eigenvalue weighted by atomic mass is 127. The molecule has 2 aromatic rings. The molecular formula is C13H10ClIN2O2. The van der Waals surface area contributed by atoms with Crippen LogP contribution in [-0.4, -0.2) is 18.1 Å². The fourth-order valence-electron chi connectivity index (χ4n) is 1.52. The van der Waals surface area contributed by atoms with Gasteiger partial charge in [0.15, 0.2) is 0 Å². The van der Waals surface area contributed by atoms with Crippen molar-refractivity contribution < 1.29 is 9.53 Å².